The van der Waals surface area contributed by atoms with Gasteiger partial charge in [0.25, 0.3) is 11.8 Å². The summed E-state index contributed by atoms with van der Waals surface area (Å²) in [6.45, 7) is 0.305. The van der Waals surface area contributed by atoms with Gasteiger partial charge in [-0.2, -0.15) is 5.10 Å². The highest BCUT2D eigenvalue weighted by molar-refractivity contribution is 5.93. The van der Waals surface area contributed by atoms with Crippen LogP contribution in [0.1, 0.15) is 21.0 Å². The van der Waals surface area contributed by atoms with Crippen molar-refractivity contribution in [1.29, 1.82) is 0 Å². The van der Waals surface area contributed by atoms with E-state index in [0.717, 1.165) is 0 Å². The Morgan fingerprint density at radius 2 is 2.06 bits per heavy atom. The van der Waals surface area contributed by atoms with E-state index in [1.54, 1.807) is 36.4 Å². The normalized spacial score (nSPS) is 18.8. The van der Waals surface area contributed by atoms with Gasteiger partial charge in [-0.3, -0.25) is 19.7 Å². The summed E-state index contributed by atoms with van der Waals surface area (Å²) in [6.07, 6.45) is 1.50. The Hall–Kier alpha value is -3.63. The summed E-state index contributed by atoms with van der Waals surface area (Å²) in [5.41, 5.74) is 0.138. The Morgan fingerprint density at radius 3 is 2.81 bits per heavy atom. The number of ether oxygens (including phenoxy) is 1. The molecule has 0 aliphatic carbocycles. The molecule has 1 fully saturated rings. The quantitative estimate of drug-likeness (QED) is 0.550. The number of β-amino-alcohol motifs (C(OH)–C–C–N with tert-alkyl or cyclic N) is 1. The summed E-state index contributed by atoms with van der Waals surface area (Å²) in [5, 5.41) is 20.5. The lowest BCUT2D eigenvalue weighted by molar-refractivity contribution is -0.0324. The third-order valence-electron chi connectivity index (χ3n) is 5.07. The topological polar surface area (TPSA) is 120 Å². The first kappa shape index (κ1) is 21.6. The smallest absolute Gasteiger partial charge is 0.272 e. The van der Waals surface area contributed by atoms with Gasteiger partial charge in [-0.25, -0.2) is 4.39 Å². The predicted molar refractivity (Wildman–Crippen MR) is 112 cm³/mol. The molecular formula is C22H22FN5O4. The third-order valence-corrected chi connectivity index (χ3v) is 5.07. The number of pyridine rings is 1. The van der Waals surface area contributed by atoms with Crippen molar-refractivity contribution < 1.29 is 23.8 Å². The summed E-state index contributed by atoms with van der Waals surface area (Å²) in [5.74, 6) is -1.16. The van der Waals surface area contributed by atoms with E-state index in [2.05, 4.69) is 20.5 Å². The van der Waals surface area contributed by atoms with Crippen molar-refractivity contribution >= 4 is 11.8 Å². The van der Waals surface area contributed by atoms with E-state index < -0.39 is 11.5 Å². The van der Waals surface area contributed by atoms with E-state index in [4.69, 9.17) is 4.74 Å². The molecule has 166 valence electrons. The summed E-state index contributed by atoms with van der Waals surface area (Å²) in [6, 6.07) is 12.3. The standard InChI is InChI=1S/C22H22FN5O4/c23-16-6-4-15(5-7-16)18-11-19(27-26-18)21(30)28-9-10-32-14-22(31,13-28)12-25-20(29)17-3-1-2-8-24-17/h1-8,11,31H,9-10,12-14H2,(H,25,29)(H,26,27)/t22-/m0/s1. The second kappa shape index (κ2) is 9.25. The van der Waals surface area contributed by atoms with Crippen LogP contribution in [-0.4, -0.2) is 75.5 Å². The second-order valence-electron chi connectivity index (χ2n) is 7.58. The van der Waals surface area contributed by atoms with E-state index in [-0.39, 0.29) is 56.0 Å². The first-order chi connectivity index (χ1) is 15.4. The molecule has 10 heteroatoms. The highest BCUT2D eigenvalue weighted by Crippen LogP contribution is 2.20. The van der Waals surface area contributed by atoms with Crippen LogP contribution in [0.3, 0.4) is 0 Å². The minimum Gasteiger partial charge on any atom is -0.384 e. The van der Waals surface area contributed by atoms with Crippen LogP contribution in [0.4, 0.5) is 4.39 Å². The van der Waals surface area contributed by atoms with Crippen molar-refractivity contribution in [2.75, 3.05) is 32.8 Å². The monoisotopic (exact) mass is 439 g/mol. The number of amides is 2. The number of aliphatic hydroxyl groups is 1. The molecule has 32 heavy (non-hydrogen) atoms. The summed E-state index contributed by atoms with van der Waals surface area (Å²) in [4.78, 5) is 30.7. The minimum absolute atomic E-state index is 0.0386. The van der Waals surface area contributed by atoms with Gasteiger partial charge in [0.1, 0.15) is 22.8 Å². The summed E-state index contributed by atoms with van der Waals surface area (Å²) >= 11 is 0. The van der Waals surface area contributed by atoms with Gasteiger partial charge in [0.2, 0.25) is 0 Å². The fourth-order valence-electron chi connectivity index (χ4n) is 3.40. The SMILES string of the molecule is O=C(NC[C@@]1(O)COCCN(C(=O)c2cc(-c3ccc(F)cc3)n[nH]2)C1)c1ccccn1. The average molecular weight is 439 g/mol. The molecule has 4 rings (SSSR count). The van der Waals surface area contributed by atoms with Crippen molar-refractivity contribution in [3.63, 3.8) is 0 Å². The minimum atomic E-state index is -1.48. The van der Waals surface area contributed by atoms with E-state index in [1.165, 1.54) is 23.2 Å². The van der Waals surface area contributed by atoms with E-state index >= 15 is 0 Å². The lowest BCUT2D eigenvalue weighted by Gasteiger charge is -2.30. The van der Waals surface area contributed by atoms with Gasteiger partial charge < -0.3 is 20.1 Å². The van der Waals surface area contributed by atoms with Gasteiger partial charge in [-0.15, -0.1) is 0 Å². The maximum atomic E-state index is 13.1. The largest absolute Gasteiger partial charge is 0.384 e. The molecule has 3 N–H and O–H groups in total. The number of nitrogens with zero attached hydrogens (tertiary/aromatic N) is 3. The van der Waals surface area contributed by atoms with Gasteiger partial charge in [-0.05, 0) is 42.5 Å². The van der Waals surface area contributed by atoms with Crippen LogP contribution in [0.2, 0.25) is 0 Å². The van der Waals surface area contributed by atoms with Crippen LogP contribution >= 0.6 is 0 Å². The number of carbonyl (C=O) groups excluding carboxylic acids is 2. The van der Waals surface area contributed by atoms with Gasteiger partial charge in [0.15, 0.2) is 0 Å². The zero-order chi connectivity index (χ0) is 22.6. The van der Waals surface area contributed by atoms with Crippen molar-refractivity contribution in [3.8, 4) is 11.3 Å². The summed E-state index contributed by atoms with van der Waals surface area (Å²) in [7, 11) is 0. The zero-order valence-corrected chi connectivity index (χ0v) is 17.1. The molecule has 0 unspecified atom stereocenters. The molecule has 2 aromatic heterocycles. The molecule has 0 saturated carbocycles. The number of benzene rings is 1. The molecule has 1 aromatic carbocycles. The lowest BCUT2D eigenvalue weighted by Crippen LogP contribution is -2.53. The van der Waals surface area contributed by atoms with Crippen LogP contribution in [0.5, 0.6) is 0 Å². The fourth-order valence-corrected chi connectivity index (χ4v) is 3.40. The summed E-state index contributed by atoms with van der Waals surface area (Å²) < 4.78 is 18.6. The third kappa shape index (κ3) is 4.98. The first-order valence-electron chi connectivity index (χ1n) is 10.0. The lowest BCUT2D eigenvalue weighted by atomic mass is 10.0. The van der Waals surface area contributed by atoms with Gasteiger partial charge >= 0.3 is 0 Å². The number of hydrogen-bond donors (Lipinski definition) is 3. The van der Waals surface area contributed by atoms with Crippen molar-refractivity contribution in [3.05, 3.63) is 71.9 Å². The number of rotatable bonds is 5. The Labute approximate surface area is 183 Å². The highest BCUT2D eigenvalue weighted by Gasteiger charge is 2.35. The van der Waals surface area contributed by atoms with Gasteiger partial charge in [0, 0.05) is 18.3 Å². The maximum absolute atomic E-state index is 13.1. The number of aromatic amines is 1. The molecule has 0 spiro atoms. The number of halogens is 1. The zero-order valence-electron chi connectivity index (χ0n) is 17.1. The molecule has 0 bridgehead atoms. The Balaban J connectivity index is 1.43. The first-order valence-corrected chi connectivity index (χ1v) is 10.0. The fraction of sp³-hybridized carbons (Fsp3) is 0.273. The molecular weight excluding hydrogens is 417 g/mol. The van der Waals surface area contributed by atoms with E-state index in [9.17, 15) is 19.1 Å². The van der Waals surface area contributed by atoms with Crippen molar-refractivity contribution in [2.24, 2.45) is 0 Å². The van der Waals surface area contributed by atoms with Crippen molar-refractivity contribution in [1.82, 2.24) is 25.4 Å². The van der Waals surface area contributed by atoms with E-state index in [1.807, 2.05) is 0 Å². The Kier molecular flexibility index (Phi) is 6.24. The Bertz CT molecular complexity index is 1090. The molecule has 2 amide bonds. The predicted octanol–water partition coefficient (Wildman–Crippen LogP) is 1.24. The molecule has 3 heterocycles. The molecule has 1 aliphatic heterocycles. The van der Waals surface area contributed by atoms with Crippen molar-refractivity contribution in [2.45, 2.75) is 5.60 Å². The van der Waals surface area contributed by atoms with Crippen LogP contribution in [0, 0.1) is 5.82 Å². The van der Waals surface area contributed by atoms with Crippen LogP contribution in [-0.2, 0) is 4.74 Å². The molecule has 9 nitrogen and oxygen atoms in total. The Morgan fingerprint density at radius 1 is 1.25 bits per heavy atom. The number of aromatic nitrogens is 3. The number of H-pyrrole nitrogens is 1. The molecule has 1 aliphatic rings. The number of carbonyl (C=O) groups is 2. The molecule has 1 atom stereocenters. The molecule has 3 aromatic rings. The maximum Gasteiger partial charge on any atom is 0.272 e. The van der Waals surface area contributed by atoms with E-state index in [0.29, 0.717) is 11.3 Å². The number of hydrogen-bond acceptors (Lipinski definition) is 6. The second-order valence-corrected chi connectivity index (χ2v) is 7.58. The average Bonchev–Trinajstić information content (AvgIpc) is 3.22. The highest BCUT2D eigenvalue weighted by atomic mass is 19.1. The van der Waals surface area contributed by atoms with Crippen LogP contribution in [0.15, 0.2) is 54.7 Å². The van der Waals surface area contributed by atoms with Gasteiger partial charge in [0.05, 0.1) is 32.0 Å². The van der Waals surface area contributed by atoms with Crippen LogP contribution in [0.25, 0.3) is 11.3 Å². The van der Waals surface area contributed by atoms with Gasteiger partial charge in [-0.1, -0.05) is 6.07 Å². The molecule has 1 saturated heterocycles. The number of nitrogens with one attached hydrogen (secondary N) is 2. The molecule has 0 radical (unpaired) electrons. The van der Waals surface area contributed by atoms with Crippen LogP contribution < -0.4 is 5.32 Å².